The van der Waals surface area contributed by atoms with Crippen LogP contribution in [0.4, 0.5) is 0 Å². The first-order valence-corrected chi connectivity index (χ1v) is 6.89. The molecule has 2 rings (SSSR count). The molecular weight excluding hydrogens is 300 g/mol. The molecule has 0 aliphatic heterocycles. The quantitative estimate of drug-likeness (QED) is 0.793. The predicted octanol–water partition coefficient (Wildman–Crippen LogP) is 4.14. The highest BCUT2D eigenvalue weighted by Crippen LogP contribution is 2.23. The van der Waals surface area contributed by atoms with Crippen LogP contribution >= 0.6 is 27.3 Å². The van der Waals surface area contributed by atoms with Gasteiger partial charge in [-0.25, -0.2) is 0 Å². The van der Waals surface area contributed by atoms with Gasteiger partial charge in [-0.05, 0) is 53.2 Å². The summed E-state index contributed by atoms with van der Waals surface area (Å²) in [6.07, 6.45) is 0. The first-order chi connectivity index (χ1) is 8.20. The van der Waals surface area contributed by atoms with Crippen LogP contribution in [0.25, 0.3) is 0 Å². The smallest absolute Gasteiger partial charge is 0.193 e. The van der Waals surface area contributed by atoms with E-state index < -0.39 is 0 Å². The molecule has 2 nitrogen and oxygen atoms in total. The standard InChI is InChI=1S/C13H11BrO2S/c1-2-16-11-5-3-9(4-6-11)13(15)10-7-12(14)17-8-10/h3-8H,2H2,1H3. The lowest BCUT2D eigenvalue weighted by Gasteiger charge is -2.03. The highest BCUT2D eigenvalue weighted by Gasteiger charge is 2.10. The number of carbonyl (C=O) groups is 1. The molecule has 0 radical (unpaired) electrons. The average molecular weight is 311 g/mol. The SMILES string of the molecule is CCOc1ccc(C(=O)c2csc(Br)c2)cc1. The number of benzene rings is 1. The molecule has 0 aliphatic rings. The maximum Gasteiger partial charge on any atom is 0.193 e. The topological polar surface area (TPSA) is 26.3 Å². The summed E-state index contributed by atoms with van der Waals surface area (Å²) in [6.45, 7) is 2.56. The van der Waals surface area contributed by atoms with E-state index in [9.17, 15) is 4.79 Å². The summed E-state index contributed by atoms with van der Waals surface area (Å²) in [5.74, 6) is 0.825. The molecule has 0 spiro atoms. The Bertz CT molecular complexity index is 516. The molecule has 0 unspecified atom stereocenters. The zero-order chi connectivity index (χ0) is 12.3. The van der Waals surface area contributed by atoms with Gasteiger partial charge in [0, 0.05) is 16.5 Å². The Hall–Kier alpha value is -1.13. The number of ketones is 1. The monoisotopic (exact) mass is 310 g/mol. The van der Waals surface area contributed by atoms with Gasteiger partial charge in [0.15, 0.2) is 5.78 Å². The van der Waals surface area contributed by atoms with E-state index in [-0.39, 0.29) is 5.78 Å². The molecule has 88 valence electrons. The second kappa shape index (κ2) is 5.47. The van der Waals surface area contributed by atoms with E-state index in [1.807, 2.05) is 30.5 Å². The van der Waals surface area contributed by atoms with Crippen LogP contribution in [0.2, 0.25) is 0 Å². The summed E-state index contributed by atoms with van der Waals surface area (Å²) in [4.78, 5) is 12.1. The zero-order valence-electron chi connectivity index (χ0n) is 9.27. The number of rotatable bonds is 4. The van der Waals surface area contributed by atoms with Gasteiger partial charge >= 0.3 is 0 Å². The van der Waals surface area contributed by atoms with E-state index in [1.54, 1.807) is 12.1 Å². The lowest BCUT2D eigenvalue weighted by atomic mass is 10.1. The number of thiophene rings is 1. The molecule has 0 bridgehead atoms. The molecule has 0 N–H and O–H groups in total. The lowest BCUT2D eigenvalue weighted by Crippen LogP contribution is -1.99. The first-order valence-electron chi connectivity index (χ1n) is 5.22. The Morgan fingerprint density at radius 2 is 2.00 bits per heavy atom. The van der Waals surface area contributed by atoms with Crippen molar-refractivity contribution < 1.29 is 9.53 Å². The second-order valence-electron chi connectivity index (χ2n) is 3.43. The summed E-state index contributed by atoms with van der Waals surface area (Å²) in [5, 5.41) is 1.85. The molecule has 17 heavy (non-hydrogen) atoms. The molecule has 0 aliphatic carbocycles. The summed E-state index contributed by atoms with van der Waals surface area (Å²) in [7, 11) is 0. The Kier molecular flexibility index (Phi) is 3.97. The van der Waals surface area contributed by atoms with Gasteiger partial charge in [-0.1, -0.05) is 0 Å². The van der Waals surface area contributed by atoms with Crippen molar-refractivity contribution in [3.63, 3.8) is 0 Å². The van der Waals surface area contributed by atoms with Gasteiger partial charge < -0.3 is 4.74 Å². The Morgan fingerprint density at radius 1 is 1.29 bits per heavy atom. The van der Waals surface area contributed by atoms with Crippen LogP contribution in [0, 0.1) is 0 Å². The van der Waals surface area contributed by atoms with Crippen LogP contribution in [-0.4, -0.2) is 12.4 Å². The maximum absolute atomic E-state index is 12.1. The van der Waals surface area contributed by atoms with E-state index in [0.717, 1.165) is 9.54 Å². The summed E-state index contributed by atoms with van der Waals surface area (Å²) >= 11 is 4.86. The Balaban J connectivity index is 2.20. The van der Waals surface area contributed by atoms with Gasteiger partial charge in [-0.3, -0.25) is 4.79 Å². The van der Waals surface area contributed by atoms with Crippen LogP contribution < -0.4 is 4.74 Å². The fraction of sp³-hybridized carbons (Fsp3) is 0.154. The molecular formula is C13H11BrO2S. The molecule has 0 saturated heterocycles. The van der Waals surface area contributed by atoms with Crippen molar-refractivity contribution in [2.45, 2.75) is 6.92 Å². The minimum Gasteiger partial charge on any atom is -0.494 e. The number of halogens is 1. The third kappa shape index (κ3) is 2.96. The minimum atomic E-state index is 0.0370. The van der Waals surface area contributed by atoms with Crippen molar-refractivity contribution in [3.8, 4) is 5.75 Å². The Morgan fingerprint density at radius 3 is 2.53 bits per heavy atom. The molecule has 2 aromatic rings. The van der Waals surface area contributed by atoms with Crippen LogP contribution in [0.15, 0.2) is 39.5 Å². The Labute approximate surface area is 112 Å². The molecule has 0 atom stereocenters. The van der Waals surface area contributed by atoms with Gasteiger partial charge in [0.05, 0.1) is 10.4 Å². The number of hydrogen-bond acceptors (Lipinski definition) is 3. The van der Waals surface area contributed by atoms with Crippen LogP contribution in [0.5, 0.6) is 5.75 Å². The molecule has 0 fully saturated rings. The van der Waals surface area contributed by atoms with Crippen molar-refractivity contribution in [1.82, 2.24) is 0 Å². The van der Waals surface area contributed by atoms with Gasteiger partial charge in [0.1, 0.15) is 5.75 Å². The number of carbonyl (C=O) groups excluding carboxylic acids is 1. The highest BCUT2D eigenvalue weighted by atomic mass is 79.9. The van der Waals surface area contributed by atoms with Crippen molar-refractivity contribution in [2.24, 2.45) is 0 Å². The molecule has 4 heteroatoms. The molecule has 0 saturated carbocycles. The van der Waals surface area contributed by atoms with Gasteiger partial charge in [0.25, 0.3) is 0 Å². The zero-order valence-corrected chi connectivity index (χ0v) is 11.7. The minimum absolute atomic E-state index is 0.0370. The van der Waals surface area contributed by atoms with Crippen LogP contribution in [0.3, 0.4) is 0 Å². The first kappa shape index (κ1) is 12.3. The molecule has 0 amide bonds. The van der Waals surface area contributed by atoms with Gasteiger partial charge in [0.2, 0.25) is 0 Å². The highest BCUT2D eigenvalue weighted by molar-refractivity contribution is 9.11. The van der Waals surface area contributed by atoms with Crippen molar-refractivity contribution in [3.05, 3.63) is 50.6 Å². The summed E-state index contributed by atoms with van der Waals surface area (Å²) < 4.78 is 6.30. The molecule has 1 aromatic heterocycles. The predicted molar refractivity (Wildman–Crippen MR) is 73.1 cm³/mol. The van der Waals surface area contributed by atoms with Crippen LogP contribution in [0.1, 0.15) is 22.8 Å². The average Bonchev–Trinajstić information content (AvgIpc) is 2.76. The second-order valence-corrected chi connectivity index (χ2v) is 5.72. The maximum atomic E-state index is 12.1. The summed E-state index contributed by atoms with van der Waals surface area (Å²) in [6, 6.07) is 9.05. The largest absolute Gasteiger partial charge is 0.494 e. The van der Waals surface area contributed by atoms with Crippen molar-refractivity contribution in [1.29, 1.82) is 0 Å². The third-order valence-corrected chi connectivity index (χ3v) is 3.76. The lowest BCUT2D eigenvalue weighted by molar-refractivity contribution is 0.103. The van der Waals surface area contributed by atoms with E-state index in [0.29, 0.717) is 17.7 Å². The number of hydrogen-bond donors (Lipinski definition) is 0. The van der Waals surface area contributed by atoms with E-state index >= 15 is 0 Å². The van der Waals surface area contributed by atoms with Crippen molar-refractivity contribution >= 4 is 33.0 Å². The third-order valence-electron chi connectivity index (χ3n) is 2.26. The van der Waals surface area contributed by atoms with Crippen LogP contribution in [-0.2, 0) is 0 Å². The van der Waals surface area contributed by atoms with E-state index in [2.05, 4.69) is 15.9 Å². The summed E-state index contributed by atoms with van der Waals surface area (Å²) in [5.41, 5.74) is 1.39. The molecule has 1 heterocycles. The fourth-order valence-electron chi connectivity index (χ4n) is 1.47. The van der Waals surface area contributed by atoms with E-state index in [1.165, 1.54) is 11.3 Å². The molecule has 1 aromatic carbocycles. The normalized spacial score (nSPS) is 10.2. The van der Waals surface area contributed by atoms with Crippen molar-refractivity contribution in [2.75, 3.05) is 6.61 Å². The van der Waals surface area contributed by atoms with Gasteiger partial charge in [-0.2, -0.15) is 0 Å². The fourth-order valence-corrected chi connectivity index (χ4v) is 2.60. The number of ether oxygens (including phenoxy) is 1. The van der Waals surface area contributed by atoms with E-state index in [4.69, 9.17) is 4.74 Å². The van der Waals surface area contributed by atoms with Gasteiger partial charge in [-0.15, -0.1) is 11.3 Å².